The average molecular weight is 583 g/mol. The molecule has 4 saturated carbocycles. The van der Waals surface area contributed by atoms with Gasteiger partial charge in [-0.05, 0) is 135 Å². The highest BCUT2D eigenvalue weighted by atomic mass is 16.5. The number of fused-ring (bicyclic) bond motifs is 5. The first-order valence-corrected chi connectivity index (χ1v) is 19.0. The zero-order chi connectivity index (χ0) is 30.2. The van der Waals surface area contributed by atoms with E-state index in [-0.39, 0.29) is 5.97 Å². The Morgan fingerprint density at radius 3 is 2.36 bits per heavy atom. The maximum atomic E-state index is 12.3. The van der Waals surface area contributed by atoms with Gasteiger partial charge in [-0.2, -0.15) is 0 Å². The Hall–Kier alpha value is -0.790. The van der Waals surface area contributed by atoms with Crippen molar-refractivity contribution >= 4 is 5.97 Å². The van der Waals surface area contributed by atoms with Crippen molar-refractivity contribution in [2.75, 3.05) is 6.61 Å². The molecule has 0 aromatic rings. The van der Waals surface area contributed by atoms with Crippen LogP contribution in [0.15, 0.2) is 12.2 Å². The molecule has 9 atom stereocenters. The van der Waals surface area contributed by atoms with Crippen molar-refractivity contribution in [2.24, 2.45) is 58.2 Å². The first-order chi connectivity index (χ1) is 20.2. The number of hydrogen-bond acceptors (Lipinski definition) is 2. The molecule has 0 amide bonds. The van der Waals surface area contributed by atoms with Crippen molar-refractivity contribution in [3.63, 3.8) is 0 Å². The quantitative estimate of drug-likeness (QED) is 0.103. The molecule has 0 N–H and O–H groups in total. The van der Waals surface area contributed by atoms with Crippen molar-refractivity contribution < 1.29 is 9.53 Å². The molecule has 4 aliphatic carbocycles. The van der Waals surface area contributed by atoms with Crippen molar-refractivity contribution in [1.29, 1.82) is 0 Å². The van der Waals surface area contributed by atoms with E-state index < -0.39 is 0 Å². The largest absolute Gasteiger partial charge is 0.463 e. The lowest BCUT2D eigenvalue weighted by Crippen LogP contribution is -2.53. The maximum absolute atomic E-state index is 12.3. The minimum atomic E-state index is -0.145. The molecule has 0 heterocycles. The summed E-state index contributed by atoms with van der Waals surface area (Å²) < 4.78 is 5.65. The first-order valence-electron chi connectivity index (χ1n) is 19.0. The van der Waals surface area contributed by atoms with Gasteiger partial charge in [0.2, 0.25) is 0 Å². The summed E-state index contributed by atoms with van der Waals surface area (Å²) in [6, 6.07) is 0. The van der Waals surface area contributed by atoms with Crippen LogP contribution in [-0.2, 0) is 9.53 Å². The van der Waals surface area contributed by atoms with Gasteiger partial charge < -0.3 is 4.74 Å². The molecule has 4 rings (SSSR count). The number of carbonyl (C=O) groups is 1. The molecule has 0 radical (unpaired) electrons. The highest BCUT2D eigenvalue weighted by molar-refractivity contribution is 5.81. The molecule has 4 aliphatic rings. The van der Waals surface area contributed by atoms with E-state index >= 15 is 0 Å². The fourth-order valence-electron chi connectivity index (χ4n) is 11.3. The van der Waals surface area contributed by atoms with Crippen molar-refractivity contribution in [3.8, 4) is 0 Å². The predicted molar refractivity (Wildman–Crippen MR) is 179 cm³/mol. The molecule has 1 unspecified atom stereocenters. The number of allylic oxidation sites excluding steroid dienone is 1. The van der Waals surface area contributed by atoms with E-state index in [0.717, 1.165) is 48.3 Å². The summed E-state index contributed by atoms with van der Waals surface area (Å²) >= 11 is 0. The van der Waals surface area contributed by atoms with Gasteiger partial charge in [-0.25, -0.2) is 4.79 Å². The van der Waals surface area contributed by atoms with Crippen molar-refractivity contribution in [3.05, 3.63) is 12.2 Å². The number of rotatable bonds is 16. The number of unbranched alkanes of at least 4 members (excludes halogenated alkanes) is 6. The minimum absolute atomic E-state index is 0.145. The van der Waals surface area contributed by atoms with Gasteiger partial charge in [0.1, 0.15) is 0 Å². The maximum Gasteiger partial charge on any atom is 0.330 e. The Bertz CT molecular complexity index is 845. The lowest BCUT2D eigenvalue weighted by atomic mass is 9.44. The van der Waals surface area contributed by atoms with Crippen molar-refractivity contribution in [1.82, 2.24) is 0 Å². The van der Waals surface area contributed by atoms with Crippen LogP contribution in [0, 0.1) is 58.2 Å². The van der Waals surface area contributed by atoms with Crippen LogP contribution in [0.4, 0.5) is 0 Å². The molecule has 42 heavy (non-hydrogen) atoms. The second-order valence-electron chi connectivity index (χ2n) is 16.6. The lowest BCUT2D eigenvalue weighted by Gasteiger charge is -2.61. The zero-order valence-corrected chi connectivity index (χ0v) is 28.9. The van der Waals surface area contributed by atoms with Crippen LogP contribution in [0.5, 0.6) is 0 Å². The smallest absolute Gasteiger partial charge is 0.330 e. The predicted octanol–water partition coefficient (Wildman–Crippen LogP) is 12.0. The molecule has 0 bridgehead atoms. The third-order valence-corrected chi connectivity index (χ3v) is 14.0. The van der Waals surface area contributed by atoms with Gasteiger partial charge in [0, 0.05) is 6.08 Å². The topological polar surface area (TPSA) is 26.3 Å². The van der Waals surface area contributed by atoms with E-state index in [1.807, 2.05) is 6.08 Å². The summed E-state index contributed by atoms with van der Waals surface area (Å²) in [6.45, 7) is 15.6. The zero-order valence-electron chi connectivity index (χ0n) is 28.9. The van der Waals surface area contributed by atoms with E-state index in [4.69, 9.17) is 4.74 Å². The van der Waals surface area contributed by atoms with Crippen LogP contribution in [0.25, 0.3) is 0 Å². The normalized spacial score (nSPS) is 35.9. The SMILES string of the molecule is CCCCCCCCC=CC(=O)OCC[C@H](CC[C@@H](C)[C@H]1CC[C@H]2[C@@H]3CCC4CCCC[C@]4(C)[C@H]3CC[C@]12C)C(C)C. The summed E-state index contributed by atoms with van der Waals surface area (Å²) in [6.07, 6.45) is 31.2. The summed E-state index contributed by atoms with van der Waals surface area (Å²) in [5.74, 6) is 6.91. The molecule has 2 heteroatoms. The van der Waals surface area contributed by atoms with Crippen LogP contribution in [0.3, 0.4) is 0 Å². The molecule has 0 aromatic carbocycles. The Labute approximate surface area is 262 Å². The molecular weight excluding hydrogens is 512 g/mol. The second-order valence-corrected chi connectivity index (χ2v) is 16.6. The Morgan fingerprint density at radius 2 is 1.57 bits per heavy atom. The summed E-state index contributed by atoms with van der Waals surface area (Å²) in [7, 11) is 0. The third kappa shape index (κ3) is 8.07. The number of ether oxygens (including phenoxy) is 1. The average Bonchev–Trinajstić information content (AvgIpc) is 3.33. The lowest BCUT2D eigenvalue weighted by molar-refractivity contribution is -0.138. The molecule has 242 valence electrons. The van der Waals surface area contributed by atoms with E-state index in [2.05, 4.69) is 41.5 Å². The van der Waals surface area contributed by atoms with Gasteiger partial charge in [0.25, 0.3) is 0 Å². The molecule has 4 fully saturated rings. The molecule has 0 spiro atoms. The number of esters is 1. The second kappa shape index (κ2) is 16.0. The molecule has 2 nitrogen and oxygen atoms in total. The Balaban J connectivity index is 1.20. The highest BCUT2D eigenvalue weighted by Crippen LogP contribution is 2.68. The van der Waals surface area contributed by atoms with Gasteiger partial charge in [-0.3, -0.25) is 0 Å². The van der Waals surface area contributed by atoms with Gasteiger partial charge in [0.15, 0.2) is 0 Å². The summed E-state index contributed by atoms with van der Waals surface area (Å²) in [4.78, 5) is 12.3. The standard InChI is InChI=1S/C40H70O2/c1-7-8-9-10-11-12-13-14-18-38(41)42-29-26-32(30(2)3)20-19-31(4)35-23-24-36-34-22-21-33-17-15-16-27-39(33,5)37(34)25-28-40(35,36)6/h14,18,30-37H,7-13,15-17,19-29H2,1-6H3/t31-,32+,33?,34+,35-,36+,37+,39+,40-/m1/s1. The van der Waals surface area contributed by atoms with Crippen molar-refractivity contribution in [2.45, 2.75) is 170 Å². The van der Waals surface area contributed by atoms with Gasteiger partial charge in [-0.1, -0.05) is 99.0 Å². The van der Waals surface area contributed by atoms with E-state index in [1.165, 1.54) is 116 Å². The highest BCUT2D eigenvalue weighted by Gasteiger charge is 2.60. The van der Waals surface area contributed by atoms with Gasteiger partial charge in [0.05, 0.1) is 6.61 Å². The van der Waals surface area contributed by atoms with Crippen LogP contribution in [0.1, 0.15) is 170 Å². The van der Waals surface area contributed by atoms with Gasteiger partial charge >= 0.3 is 5.97 Å². The third-order valence-electron chi connectivity index (χ3n) is 14.0. The molecular formula is C40H70O2. The summed E-state index contributed by atoms with van der Waals surface area (Å²) in [5.41, 5.74) is 1.23. The minimum Gasteiger partial charge on any atom is -0.463 e. The fraction of sp³-hybridized carbons (Fsp3) is 0.925. The van der Waals surface area contributed by atoms with Crippen LogP contribution >= 0.6 is 0 Å². The molecule has 0 aliphatic heterocycles. The van der Waals surface area contributed by atoms with E-state index in [1.54, 1.807) is 6.08 Å². The van der Waals surface area contributed by atoms with E-state index in [0.29, 0.717) is 29.3 Å². The van der Waals surface area contributed by atoms with Gasteiger partial charge in [-0.15, -0.1) is 0 Å². The Morgan fingerprint density at radius 1 is 0.810 bits per heavy atom. The fourth-order valence-corrected chi connectivity index (χ4v) is 11.3. The first kappa shape index (κ1) is 34.1. The Kier molecular flexibility index (Phi) is 13.0. The monoisotopic (exact) mass is 583 g/mol. The number of carbonyl (C=O) groups excluding carboxylic acids is 1. The van der Waals surface area contributed by atoms with E-state index in [9.17, 15) is 4.79 Å². The van der Waals surface area contributed by atoms with Crippen LogP contribution in [-0.4, -0.2) is 12.6 Å². The van der Waals surface area contributed by atoms with Crippen LogP contribution < -0.4 is 0 Å². The summed E-state index contributed by atoms with van der Waals surface area (Å²) in [5, 5.41) is 0. The number of hydrogen-bond donors (Lipinski definition) is 0. The molecule has 0 saturated heterocycles. The molecule has 0 aromatic heterocycles. The van der Waals surface area contributed by atoms with Crippen LogP contribution in [0.2, 0.25) is 0 Å².